The van der Waals surface area contributed by atoms with Crippen LogP contribution in [0.1, 0.15) is 24.8 Å². The van der Waals surface area contributed by atoms with E-state index < -0.39 is 0 Å². The van der Waals surface area contributed by atoms with Gasteiger partial charge in [0.25, 0.3) is 0 Å². The molecule has 1 fully saturated rings. The zero-order valence-electron chi connectivity index (χ0n) is 16.4. The first-order valence-corrected chi connectivity index (χ1v) is 9.70. The van der Waals surface area contributed by atoms with Gasteiger partial charge >= 0.3 is 0 Å². The van der Waals surface area contributed by atoms with E-state index in [0.717, 1.165) is 53.8 Å². The Hall–Kier alpha value is -2.95. The van der Waals surface area contributed by atoms with Crippen molar-refractivity contribution in [3.05, 3.63) is 48.0 Å². The molecule has 146 valence electrons. The number of nitrogens with zero attached hydrogens (tertiary/aromatic N) is 1. The summed E-state index contributed by atoms with van der Waals surface area (Å²) in [7, 11) is 3.23. The van der Waals surface area contributed by atoms with Gasteiger partial charge in [0.05, 0.1) is 20.6 Å². The smallest absolute Gasteiger partial charge is 0.226 e. The first-order chi connectivity index (χ1) is 13.7. The second kappa shape index (κ2) is 7.97. The van der Waals surface area contributed by atoms with E-state index in [9.17, 15) is 4.79 Å². The molecule has 1 aromatic heterocycles. The van der Waals surface area contributed by atoms with Crippen LogP contribution in [0.4, 0.5) is 0 Å². The van der Waals surface area contributed by atoms with Gasteiger partial charge in [-0.2, -0.15) is 0 Å². The molecule has 2 heterocycles. The number of carbonyl (C=O) groups excluding carboxylic acids is 1. The topological polar surface area (TPSA) is 51.9 Å². The lowest BCUT2D eigenvalue weighted by atomic mass is 10.1. The molecule has 1 saturated heterocycles. The Morgan fingerprint density at radius 2 is 1.75 bits per heavy atom. The highest BCUT2D eigenvalue weighted by atomic mass is 16.5. The molecule has 3 aromatic rings. The van der Waals surface area contributed by atoms with Crippen molar-refractivity contribution in [2.75, 3.05) is 27.3 Å². The summed E-state index contributed by atoms with van der Waals surface area (Å²) in [6.07, 6.45) is 3.89. The summed E-state index contributed by atoms with van der Waals surface area (Å²) in [5.74, 6) is 2.31. The summed E-state index contributed by atoms with van der Waals surface area (Å²) in [5, 5.41) is 0.994. The summed E-state index contributed by atoms with van der Waals surface area (Å²) < 4.78 is 16.7. The SMILES string of the molecule is COc1ccc(-c2cc3cc(CC(=O)N4CCCCC4)ccc3o2)cc1OC. The van der Waals surface area contributed by atoms with E-state index >= 15 is 0 Å². The molecule has 0 N–H and O–H groups in total. The van der Waals surface area contributed by atoms with E-state index in [0.29, 0.717) is 17.9 Å². The maximum absolute atomic E-state index is 12.5. The quantitative estimate of drug-likeness (QED) is 0.646. The van der Waals surface area contributed by atoms with E-state index in [1.807, 2.05) is 47.4 Å². The van der Waals surface area contributed by atoms with Crippen molar-refractivity contribution < 1.29 is 18.7 Å². The largest absolute Gasteiger partial charge is 0.493 e. The molecule has 0 aliphatic carbocycles. The zero-order valence-corrected chi connectivity index (χ0v) is 16.4. The van der Waals surface area contributed by atoms with Gasteiger partial charge in [-0.15, -0.1) is 0 Å². The molecule has 0 spiro atoms. The van der Waals surface area contributed by atoms with Crippen LogP contribution in [0.25, 0.3) is 22.3 Å². The van der Waals surface area contributed by atoms with Crippen molar-refractivity contribution in [1.29, 1.82) is 0 Å². The normalized spacial score (nSPS) is 14.3. The Morgan fingerprint density at radius 1 is 0.964 bits per heavy atom. The molecule has 0 bridgehead atoms. The van der Waals surface area contributed by atoms with Crippen LogP contribution in [0.3, 0.4) is 0 Å². The minimum Gasteiger partial charge on any atom is -0.493 e. The second-order valence-corrected chi connectivity index (χ2v) is 7.17. The molecule has 0 unspecified atom stereocenters. The highest BCUT2D eigenvalue weighted by Crippen LogP contribution is 2.35. The van der Waals surface area contributed by atoms with Crippen LogP contribution >= 0.6 is 0 Å². The minimum atomic E-state index is 0.211. The van der Waals surface area contributed by atoms with Gasteiger partial charge in [-0.25, -0.2) is 0 Å². The van der Waals surface area contributed by atoms with Crippen molar-refractivity contribution >= 4 is 16.9 Å². The average molecular weight is 379 g/mol. The molecular formula is C23H25NO4. The number of hydrogen-bond acceptors (Lipinski definition) is 4. The number of piperidine rings is 1. The summed E-state index contributed by atoms with van der Waals surface area (Å²) >= 11 is 0. The Balaban J connectivity index is 1.57. The number of methoxy groups -OCH3 is 2. The van der Waals surface area contributed by atoms with Gasteiger partial charge < -0.3 is 18.8 Å². The number of likely N-dealkylation sites (tertiary alicyclic amines) is 1. The fourth-order valence-electron chi connectivity index (χ4n) is 3.76. The lowest BCUT2D eigenvalue weighted by Crippen LogP contribution is -2.36. The summed E-state index contributed by atoms with van der Waals surface area (Å²) in [6, 6.07) is 13.7. The van der Waals surface area contributed by atoms with Crippen molar-refractivity contribution in [2.24, 2.45) is 0 Å². The summed E-state index contributed by atoms with van der Waals surface area (Å²) in [5.41, 5.74) is 2.74. The summed E-state index contributed by atoms with van der Waals surface area (Å²) in [6.45, 7) is 1.77. The fourth-order valence-corrected chi connectivity index (χ4v) is 3.76. The van der Waals surface area contributed by atoms with E-state index in [1.54, 1.807) is 14.2 Å². The van der Waals surface area contributed by atoms with E-state index in [1.165, 1.54) is 6.42 Å². The molecule has 0 atom stereocenters. The van der Waals surface area contributed by atoms with Crippen LogP contribution in [-0.4, -0.2) is 38.1 Å². The Kier molecular flexibility index (Phi) is 5.24. The van der Waals surface area contributed by atoms with Crippen LogP contribution in [0, 0.1) is 0 Å². The molecule has 1 amide bonds. The van der Waals surface area contributed by atoms with Gasteiger partial charge in [-0.05, 0) is 61.2 Å². The van der Waals surface area contributed by atoms with Gasteiger partial charge in [0.1, 0.15) is 11.3 Å². The second-order valence-electron chi connectivity index (χ2n) is 7.17. The number of fused-ring (bicyclic) bond motifs is 1. The maximum Gasteiger partial charge on any atom is 0.226 e. The van der Waals surface area contributed by atoms with Crippen LogP contribution in [0.15, 0.2) is 46.9 Å². The van der Waals surface area contributed by atoms with Gasteiger partial charge in [0, 0.05) is 24.0 Å². The highest BCUT2D eigenvalue weighted by molar-refractivity contribution is 5.86. The lowest BCUT2D eigenvalue weighted by molar-refractivity contribution is -0.131. The fraction of sp³-hybridized carbons (Fsp3) is 0.348. The third-order valence-corrected chi connectivity index (χ3v) is 5.31. The molecule has 2 aromatic carbocycles. The van der Waals surface area contributed by atoms with Gasteiger partial charge in [-0.1, -0.05) is 6.07 Å². The maximum atomic E-state index is 12.5. The molecule has 5 nitrogen and oxygen atoms in total. The third-order valence-electron chi connectivity index (χ3n) is 5.31. The first-order valence-electron chi connectivity index (χ1n) is 9.70. The lowest BCUT2D eigenvalue weighted by Gasteiger charge is -2.26. The number of hydrogen-bond donors (Lipinski definition) is 0. The van der Waals surface area contributed by atoms with Gasteiger partial charge in [0.2, 0.25) is 5.91 Å². The Morgan fingerprint density at radius 3 is 2.50 bits per heavy atom. The number of ether oxygens (including phenoxy) is 2. The van der Waals surface area contributed by atoms with Crippen LogP contribution in [0.2, 0.25) is 0 Å². The number of amides is 1. The van der Waals surface area contributed by atoms with Crippen molar-refractivity contribution in [1.82, 2.24) is 4.90 Å². The molecule has 28 heavy (non-hydrogen) atoms. The van der Waals surface area contributed by atoms with E-state index in [2.05, 4.69) is 0 Å². The molecule has 0 saturated carbocycles. The van der Waals surface area contributed by atoms with E-state index in [-0.39, 0.29) is 5.91 Å². The molecule has 5 heteroatoms. The zero-order chi connectivity index (χ0) is 19.5. The molecule has 1 aliphatic heterocycles. The van der Waals surface area contributed by atoms with Gasteiger partial charge in [0.15, 0.2) is 11.5 Å². The van der Waals surface area contributed by atoms with Crippen molar-refractivity contribution in [2.45, 2.75) is 25.7 Å². The number of furan rings is 1. The predicted molar refractivity (Wildman–Crippen MR) is 109 cm³/mol. The van der Waals surface area contributed by atoms with Crippen LogP contribution < -0.4 is 9.47 Å². The molecule has 4 rings (SSSR count). The highest BCUT2D eigenvalue weighted by Gasteiger charge is 2.17. The molecule has 1 aliphatic rings. The van der Waals surface area contributed by atoms with Crippen LogP contribution in [0.5, 0.6) is 11.5 Å². The van der Waals surface area contributed by atoms with Crippen molar-refractivity contribution in [3.8, 4) is 22.8 Å². The Labute approximate surface area is 164 Å². The third kappa shape index (κ3) is 3.70. The summed E-state index contributed by atoms with van der Waals surface area (Å²) in [4.78, 5) is 14.5. The Bertz CT molecular complexity index is 985. The number of carbonyl (C=O) groups is 1. The molecular weight excluding hydrogens is 354 g/mol. The first kappa shape index (κ1) is 18.4. The number of benzene rings is 2. The standard InChI is InChI=1S/C23H25NO4/c1-26-20-9-7-17(14-22(20)27-2)21-15-18-12-16(6-8-19(18)28-21)13-23(25)24-10-4-3-5-11-24/h6-9,12,14-15H,3-5,10-11,13H2,1-2H3. The predicted octanol–water partition coefficient (Wildman–Crippen LogP) is 4.67. The molecule has 0 radical (unpaired) electrons. The van der Waals surface area contributed by atoms with Crippen LogP contribution in [-0.2, 0) is 11.2 Å². The van der Waals surface area contributed by atoms with E-state index in [4.69, 9.17) is 13.9 Å². The monoisotopic (exact) mass is 379 g/mol. The van der Waals surface area contributed by atoms with Gasteiger partial charge in [-0.3, -0.25) is 4.79 Å². The number of rotatable bonds is 5. The van der Waals surface area contributed by atoms with Crippen molar-refractivity contribution in [3.63, 3.8) is 0 Å². The minimum absolute atomic E-state index is 0.211. The average Bonchev–Trinajstić information content (AvgIpc) is 3.17.